The van der Waals surface area contributed by atoms with Gasteiger partial charge in [0, 0.05) is 11.7 Å². The van der Waals surface area contributed by atoms with E-state index in [1.165, 1.54) is 19.3 Å². The first-order chi connectivity index (χ1) is 12.1. The molecular formula is C18H20BrN5O. The first kappa shape index (κ1) is 16.3. The quantitative estimate of drug-likeness (QED) is 0.673. The predicted molar refractivity (Wildman–Crippen MR) is 101 cm³/mol. The third-order valence-corrected chi connectivity index (χ3v) is 5.82. The lowest BCUT2D eigenvalue weighted by atomic mass is 9.95. The Hall–Kier alpha value is -2.15. The van der Waals surface area contributed by atoms with Crippen LogP contribution in [0, 0.1) is 6.92 Å². The number of benzene rings is 1. The fraction of sp³-hybridized carbons (Fsp3) is 0.389. The van der Waals surface area contributed by atoms with Crippen molar-refractivity contribution in [2.24, 2.45) is 0 Å². The average Bonchev–Trinajstić information content (AvgIpc) is 3.16. The Balaban J connectivity index is 1.73. The number of anilines is 1. The van der Waals surface area contributed by atoms with Gasteiger partial charge in [-0.2, -0.15) is 5.10 Å². The number of nitrogens with one attached hydrogen (secondary N) is 2. The second kappa shape index (κ2) is 6.63. The van der Waals surface area contributed by atoms with Gasteiger partial charge >= 0.3 is 0 Å². The summed E-state index contributed by atoms with van der Waals surface area (Å²) in [6.07, 6.45) is 5.95. The number of para-hydroxylation sites is 2. The Bertz CT molecular complexity index is 923. The van der Waals surface area contributed by atoms with E-state index in [4.69, 9.17) is 0 Å². The van der Waals surface area contributed by atoms with Crippen molar-refractivity contribution in [2.45, 2.75) is 45.1 Å². The molecule has 2 heterocycles. The highest BCUT2D eigenvalue weighted by Gasteiger charge is 2.24. The van der Waals surface area contributed by atoms with E-state index in [0.29, 0.717) is 22.2 Å². The summed E-state index contributed by atoms with van der Waals surface area (Å²) in [4.78, 5) is 17.4. The zero-order chi connectivity index (χ0) is 17.4. The number of halogens is 1. The Morgan fingerprint density at radius 1 is 1.28 bits per heavy atom. The van der Waals surface area contributed by atoms with E-state index in [1.54, 1.807) is 0 Å². The maximum atomic E-state index is 12.7. The van der Waals surface area contributed by atoms with Crippen LogP contribution >= 0.6 is 15.9 Å². The molecule has 0 spiro atoms. The standard InChI is InChI=1S/C18H20BrN5O/c1-11-15(19)16(23-22-11)17(25)21-18-20-13-9-5-6-10-14(13)24(18)12-7-3-2-4-8-12/h5-6,9-10,12H,2-4,7-8H2,1H3,(H,22,23)(H,20,21,25). The summed E-state index contributed by atoms with van der Waals surface area (Å²) in [6, 6.07) is 8.42. The molecule has 0 saturated heterocycles. The zero-order valence-corrected chi connectivity index (χ0v) is 15.6. The summed E-state index contributed by atoms with van der Waals surface area (Å²) < 4.78 is 2.88. The van der Waals surface area contributed by atoms with Gasteiger partial charge in [0.2, 0.25) is 5.95 Å². The third kappa shape index (κ3) is 2.97. The van der Waals surface area contributed by atoms with Crippen LogP contribution in [0.2, 0.25) is 0 Å². The number of aryl methyl sites for hydroxylation is 1. The number of amides is 1. The monoisotopic (exact) mass is 401 g/mol. The van der Waals surface area contributed by atoms with Crippen LogP contribution in [0.1, 0.15) is 54.3 Å². The van der Waals surface area contributed by atoms with Crippen LogP contribution in [0.5, 0.6) is 0 Å². The summed E-state index contributed by atoms with van der Waals surface area (Å²) in [5.74, 6) is 0.342. The number of aromatic nitrogens is 4. The van der Waals surface area contributed by atoms with Gasteiger partial charge in [0.25, 0.3) is 5.91 Å². The van der Waals surface area contributed by atoms with Crippen LogP contribution in [0.4, 0.5) is 5.95 Å². The minimum atomic E-state index is -0.261. The molecule has 1 aliphatic rings. The van der Waals surface area contributed by atoms with Gasteiger partial charge in [-0.25, -0.2) is 4.98 Å². The van der Waals surface area contributed by atoms with Gasteiger partial charge in [0.1, 0.15) is 0 Å². The lowest BCUT2D eigenvalue weighted by molar-refractivity contribution is 0.102. The number of fused-ring (bicyclic) bond motifs is 1. The lowest BCUT2D eigenvalue weighted by Crippen LogP contribution is -2.20. The topological polar surface area (TPSA) is 75.6 Å². The van der Waals surface area contributed by atoms with E-state index in [-0.39, 0.29) is 5.91 Å². The minimum Gasteiger partial charge on any atom is -0.307 e. The van der Waals surface area contributed by atoms with Crippen molar-refractivity contribution in [1.29, 1.82) is 0 Å². The summed E-state index contributed by atoms with van der Waals surface area (Å²) in [5.41, 5.74) is 3.15. The van der Waals surface area contributed by atoms with E-state index >= 15 is 0 Å². The van der Waals surface area contributed by atoms with Crippen molar-refractivity contribution in [3.8, 4) is 0 Å². The van der Waals surface area contributed by atoms with Gasteiger partial charge in [0.05, 0.1) is 15.5 Å². The molecule has 1 saturated carbocycles. The maximum Gasteiger partial charge on any atom is 0.279 e. The number of aromatic amines is 1. The largest absolute Gasteiger partial charge is 0.307 e. The number of nitrogens with zero attached hydrogens (tertiary/aromatic N) is 3. The molecule has 0 unspecified atom stereocenters. The molecule has 3 aromatic rings. The second-order valence-electron chi connectivity index (χ2n) is 6.55. The van der Waals surface area contributed by atoms with Gasteiger partial charge in [-0.3, -0.25) is 15.2 Å². The van der Waals surface area contributed by atoms with Crippen molar-refractivity contribution < 1.29 is 4.79 Å². The average molecular weight is 402 g/mol. The van der Waals surface area contributed by atoms with Crippen molar-refractivity contribution in [3.63, 3.8) is 0 Å². The van der Waals surface area contributed by atoms with Crippen LogP contribution in [0.25, 0.3) is 11.0 Å². The number of imidazole rings is 1. The van der Waals surface area contributed by atoms with Crippen molar-refractivity contribution in [2.75, 3.05) is 5.32 Å². The Kier molecular flexibility index (Phi) is 4.33. The highest BCUT2D eigenvalue weighted by Crippen LogP contribution is 2.34. The van der Waals surface area contributed by atoms with Gasteiger partial charge in [0.15, 0.2) is 5.69 Å². The van der Waals surface area contributed by atoms with Gasteiger partial charge < -0.3 is 4.57 Å². The highest BCUT2D eigenvalue weighted by molar-refractivity contribution is 9.10. The van der Waals surface area contributed by atoms with Crippen molar-refractivity contribution in [1.82, 2.24) is 19.7 Å². The minimum absolute atomic E-state index is 0.261. The third-order valence-electron chi connectivity index (χ3n) is 4.85. The van der Waals surface area contributed by atoms with Gasteiger partial charge in [-0.1, -0.05) is 31.4 Å². The van der Waals surface area contributed by atoms with Crippen LogP contribution in [-0.2, 0) is 0 Å². The Labute approximate surface area is 154 Å². The SMILES string of the molecule is Cc1[nH]nc(C(=O)Nc2nc3ccccc3n2C2CCCCC2)c1Br. The second-order valence-corrected chi connectivity index (χ2v) is 7.34. The lowest BCUT2D eigenvalue weighted by Gasteiger charge is -2.25. The molecule has 130 valence electrons. The first-order valence-corrected chi connectivity index (χ1v) is 9.43. The summed E-state index contributed by atoms with van der Waals surface area (Å²) in [5, 5.41) is 9.88. The molecule has 0 radical (unpaired) electrons. The fourth-order valence-electron chi connectivity index (χ4n) is 3.57. The summed E-state index contributed by atoms with van der Waals surface area (Å²) >= 11 is 3.41. The molecule has 2 aromatic heterocycles. The zero-order valence-electron chi connectivity index (χ0n) is 14.1. The molecule has 1 amide bonds. The Morgan fingerprint density at radius 3 is 2.76 bits per heavy atom. The van der Waals surface area contributed by atoms with Gasteiger partial charge in [-0.15, -0.1) is 0 Å². The summed E-state index contributed by atoms with van der Waals surface area (Å²) in [6.45, 7) is 1.87. The molecule has 0 atom stereocenters. The summed E-state index contributed by atoms with van der Waals surface area (Å²) in [7, 11) is 0. The molecule has 0 bridgehead atoms. The van der Waals surface area contributed by atoms with Gasteiger partial charge in [-0.05, 0) is 47.8 Å². The van der Waals surface area contributed by atoms with Crippen molar-refractivity contribution >= 4 is 38.8 Å². The number of hydrogen-bond donors (Lipinski definition) is 2. The van der Waals surface area contributed by atoms with E-state index in [2.05, 4.69) is 47.1 Å². The number of carbonyl (C=O) groups excluding carboxylic acids is 1. The molecule has 4 rings (SSSR count). The first-order valence-electron chi connectivity index (χ1n) is 8.64. The molecule has 1 aromatic carbocycles. The van der Waals surface area contributed by atoms with E-state index < -0.39 is 0 Å². The van der Waals surface area contributed by atoms with E-state index in [1.807, 2.05) is 25.1 Å². The van der Waals surface area contributed by atoms with Crippen LogP contribution in [-0.4, -0.2) is 25.7 Å². The fourth-order valence-corrected chi connectivity index (χ4v) is 3.93. The number of rotatable bonds is 3. The Morgan fingerprint density at radius 2 is 2.04 bits per heavy atom. The smallest absolute Gasteiger partial charge is 0.279 e. The number of H-pyrrole nitrogens is 1. The molecular weight excluding hydrogens is 382 g/mol. The maximum absolute atomic E-state index is 12.7. The molecule has 0 aliphatic heterocycles. The van der Waals surface area contributed by atoms with Crippen LogP contribution < -0.4 is 5.32 Å². The molecule has 2 N–H and O–H groups in total. The number of carbonyl (C=O) groups is 1. The molecule has 6 nitrogen and oxygen atoms in total. The van der Waals surface area contributed by atoms with E-state index in [9.17, 15) is 4.79 Å². The predicted octanol–water partition coefficient (Wildman–Crippen LogP) is 4.59. The van der Waals surface area contributed by atoms with E-state index in [0.717, 1.165) is 29.6 Å². The molecule has 25 heavy (non-hydrogen) atoms. The normalized spacial score (nSPS) is 15.6. The van der Waals surface area contributed by atoms with Crippen LogP contribution in [0.3, 0.4) is 0 Å². The highest BCUT2D eigenvalue weighted by atomic mass is 79.9. The molecule has 7 heteroatoms. The molecule has 1 aliphatic carbocycles. The van der Waals surface area contributed by atoms with Crippen LogP contribution in [0.15, 0.2) is 28.7 Å². The molecule has 1 fully saturated rings. The van der Waals surface area contributed by atoms with Crippen molar-refractivity contribution in [3.05, 3.63) is 40.1 Å². The number of hydrogen-bond acceptors (Lipinski definition) is 3.